The number of ketones is 1. The molecule has 1 aliphatic carbocycles. The number of carbonyl (C=O) groups excluding carboxylic acids is 2. The lowest BCUT2D eigenvalue weighted by Crippen LogP contribution is -2.33. The first kappa shape index (κ1) is 19.9. The number of hydrogen-bond acceptors (Lipinski definition) is 5. The van der Waals surface area contributed by atoms with Crippen LogP contribution in [0.15, 0.2) is 46.7 Å². The zero-order chi connectivity index (χ0) is 19.2. The second-order valence-corrected chi connectivity index (χ2v) is 7.40. The quantitative estimate of drug-likeness (QED) is 0.477. The van der Waals surface area contributed by atoms with Crippen molar-refractivity contribution in [1.82, 2.24) is 0 Å². The molecule has 2 rings (SSSR count). The zero-order valence-electron chi connectivity index (χ0n) is 15.7. The molecule has 1 aliphatic rings. The molecule has 0 spiro atoms. The zero-order valence-corrected chi connectivity index (χ0v) is 15.7. The summed E-state index contributed by atoms with van der Waals surface area (Å²) in [6.45, 7) is 4.61. The Kier molecular flexibility index (Phi) is 6.72. The van der Waals surface area contributed by atoms with E-state index in [4.69, 9.17) is 0 Å². The number of aliphatic hydroxyl groups excluding tert-OH is 1. The van der Waals surface area contributed by atoms with Gasteiger partial charge in [0.25, 0.3) is 0 Å². The van der Waals surface area contributed by atoms with Gasteiger partial charge in [0.1, 0.15) is 5.76 Å². The van der Waals surface area contributed by atoms with Crippen LogP contribution in [-0.4, -0.2) is 36.2 Å². The molecule has 0 bridgehead atoms. The lowest BCUT2D eigenvalue weighted by molar-refractivity contribution is -0.140. The van der Waals surface area contributed by atoms with Gasteiger partial charge in [0.15, 0.2) is 5.78 Å². The molecule has 0 unspecified atom stereocenters. The first-order valence-electron chi connectivity index (χ1n) is 8.92. The van der Waals surface area contributed by atoms with Crippen LogP contribution in [0.25, 0.3) is 0 Å². The Hall–Kier alpha value is -2.43. The first-order chi connectivity index (χ1) is 12.3. The van der Waals surface area contributed by atoms with Crippen LogP contribution in [-0.2, 0) is 20.7 Å². The Morgan fingerprint density at radius 2 is 1.88 bits per heavy atom. The fourth-order valence-corrected chi connectivity index (χ4v) is 3.16. The third-order valence-electron chi connectivity index (χ3n) is 4.48. The fourth-order valence-electron chi connectivity index (χ4n) is 3.16. The van der Waals surface area contributed by atoms with E-state index in [1.165, 1.54) is 12.7 Å². The van der Waals surface area contributed by atoms with Crippen molar-refractivity contribution in [2.75, 3.05) is 13.7 Å². The van der Waals surface area contributed by atoms with Gasteiger partial charge < -0.3 is 9.84 Å². The Morgan fingerprint density at radius 1 is 1.19 bits per heavy atom. The average molecular weight is 357 g/mol. The average Bonchev–Trinajstić information content (AvgIpc) is 2.59. The summed E-state index contributed by atoms with van der Waals surface area (Å²) >= 11 is 0. The molecule has 0 heterocycles. The van der Waals surface area contributed by atoms with Gasteiger partial charge in [-0.05, 0) is 23.8 Å². The van der Waals surface area contributed by atoms with Crippen molar-refractivity contribution in [2.45, 2.75) is 46.0 Å². The highest BCUT2D eigenvalue weighted by Gasteiger charge is 2.36. The van der Waals surface area contributed by atoms with Gasteiger partial charge >= 0.3 is 5.97 Å². The van der Waals surface area contributed by atoms with Crippen LogP contribution in [0.4, 0.5) is 0 Å². The number of benzene rings is 1. The summed E-state index contributed by atoms with van der Waals surface area (Å²) in [7, 11) is 1.30. The van der Waals surface area contributed by atoms with Gasteiger partial charge in [0.2, 0.25) is 0 Å². The van der Waals surface area contributed by atoms with Crippen molar-refractivity contribution < 1.29 is 19.4 Å². The number of carbonyl (C=O) groups is 2. The molecule has 140 valence electrons. The van der Waals surface area contributed by atoms with E-state index in [0.717, 1.165) is 6.42 Å². The standard InChI is InChI=1S/C21H27NO4/c1-21(2)13-16(22-12-11-15-7-5-4-6-8-15)20(18(24)14-21)17(23)9-10-19(25)26-3/h4-8,23H,9-14H2,1-3H3. The van der Waals surface area contributed by atoms with Crippen LogP contribution < -0.4 is 0 Å². The molecule has 5 heteroatoms. The maximum atomic E-state index is 12.6. The number of rotatable bonds is 6. The van der Waals surface area contributed by atoms with Crippen LogP contribution in [0.2, 0.25) is 0 Å². The summed E-state index contributed by atoms with van der Waals surface area (Å²) in [4.78, 5) is 28.6. The SMILES string of the molecule is COC(=O)CCC(O)=C1C(=O)CC(C)(C)CC1=NCCc1ccccc1. The van der Waals surface area contributed by atoms with Crippen LogP contribution in [0.1, 0.15) is 45.1 Å². The predicted molar refractivity (Wildman–Crippen MR) is 101 cm³/mol. The highest BCUT2D eigenvalue weighted by atomic mass is 16.5. The maximum Gasteiger partial charge on any atom is 0.305 e. The van der Waals surface area contributed by atoms with E-state index >= 15 is 0 Å². The Labute approximate surface area is 154 Å². The molecule has 0 amide bonds. The number of Topliss-reactive ketones (excluding diaryl/α,β-unsaturated/α-hetero) is 1. The summed E-state index contributed by atoms with van der Waals surface area (Å²) in [6.07, 6.45) is 1.90. The van der Waals surface area contributed by atoms with Crippen molar-refractivity contribution in [3.63, 3.8) is 0 Å². The van der Waals surface area contributed by atoms with Crippen LogP contribution in [0.3, 0.4) is 0 Å². The molecular weight excluding hydrogens is 330 g/mol. The van der Waals surface area contributed by atoms with Gasteiger partial charge in [-0.3, -0.25) is 14.6 Å². The first-order valence-corrected chi connectivity index (χ1v) is 8.92. The van der Waals surface area contributed by atoms with E-state index in [-0.39, 0.29) is 29.8 Å². The molecule has 0 aliphatic heterocycles. The van der Waals surface area contributed by atoms with Crippen molar-refractivity contribution in [3.8, 4) is 0 Å². The maximum absolute atomic E-state index is 12.6. The number of aliphatic hydroxyl groups is 1. The number of esters is 1. The number of allylic oxidation sites excluding steroid dienone is 2. The lowest BCUT2D eigenvalue weighted by atomic mass is 9.73. The Morgan fingerprint density at radius 3 is 2.54 bits per heavy atom. The third-order valence-corrected chi connectivity index (χ3v) is 4.48. The molecule has 1 N–H and O–H groups in total. The number of aliphatic imine (C=N–C) groups is 1. The molecule has 5 nitrogen and oxygen atoms in total. The minimum Gasteiger partial charge on any atom is -0.511 e. The molecular formula is C21H27NO4. The monoisotopic (exact) mass is 357 g/mol. The molecule has 0 atom stereocenters. The van der Waals surface area contributed by atoms with Gasteiger partial charge in [-0.25, -0.2) is 0 Å². The second-order valence-electron chi connectivity index (χ2n) is 7.40. The molecule has 1 aromatic carbocycles. The van der Waals surface area contributed by atoms with Crippen molar-refractivity contribution >= 4 is 17.5 Å². The third kappa shape index (κ3) is 5.55. The molecule has 1 fully saturated rings. The number of methoxy groups -OCH3 is 1. The van der Waals surface area contributed by atoms with Gasteiger partial charge in [-0.2, -0.15) is 0 Å². The molecule has 1 saturated carbocycles. The van der Waals surface area contributed by atoms with Gasteiger partial charge in [-0.1, -0.05) is 44.2 Å². The molecule has 0 saturated heterocycles. The van der Waals surface area contributed by atoms with Crippen molar-refractivity contribution in [1.29, 1.82) is 0 Å². The molecule has 26 heavy (non-hydrogen) atoms. The second kappa shape index (κ2) is 8.79. The fraction of sp³-hybridized carbons (Fsp3) is 0.476. The normalized spacial score (nSPS) is 20.1. The summed E-state index contributed by atoms with van der Waals surface area (Å²) in [5.41, 5.74) is 1.93. The highest BCUT2D eigenvalue weighted by Crippen LogP contribution is 2.35. The van der Waals surface area contributed by atoms with Crippen molar-refractivity contribution in [2.24, 2.45) is 10.4 Å². The van der Waals surface area contributed by atoms with E-state index in [2.05, 4.69) is 9.73 Å². The Bertz CT molecular complexity index is 717. The van der Waals surface area contributed by atoms with Gasteiger partial charge in [0.05, 0.1) is 19.1 Å². The van der Waals surface area contributed by atoms with E-state index in [1.807, 2.05) is 44.2 Å². The Balaban J connectivity index is 2.19. The van der Waals surface area contributed by atoms with Gasteiger partial charge in [-0.15, -0.1) is 0 Å². The summed E-state index contributed by atoms with van der Waals surface area (Å²) < 4.78 is 4.60. The summed E-state index contributed by atoms with van der Waals surface area (Å²) in [5, 5.41) is 10.4. The molecule has 0 radical (unpaired) electrons. The van der Waals surface area contributed by atoms with Crippen LogP contribution >= 0.6 is 0 Å². The molecule has 0 aromatic heterocycles. The van der Waals surface area contributed by atoms with E-state index in [0.29, 0.717) is 30.7 Å². The summed E-state index contributed by atoms with van der Waals surface area (Å²) in [6, 6.07) is 10.0. The van der Waals surface area contributed by atoms with E-state index in [1.54, 1.807) is 0 Å². The molecule has 1 aromatic rings. The van der Waals surface area contributed by atoms with Gasteiger partial charge in [0, 0.05) is 25.1 Å². The number of nitrogens with zero attached hydrogens (tertiary/aromatic N) is 1. The van der Waals surface area contributed by atoms with Crippen LogP contribution in [0.5, 0.6) is 0 Å². The highest BCUT2D eigenvalue weighted by molar-refractivity contribution is 6.24. The number of hydrogen-bond donors (Lipinski definition) is 1. The minimum atomic E-state index is -0.414. The van der Waals surface area contributed by atoms with E-state index in [9.17, 15) is 14.7 Å². The predicted octanol–water partition coefficient (Wildman–Crippen LogP) is 3.82. The topological polar surface area (TPSA) is 76.0 Å². The largest absolute Gasteiger partial charge is 0.511 e. The smallest absolute Gasteiger partial charge is 0.305 e. The van der Waals surface area contributed by atoms with E-state index < -0.39 is 5.97 Å². The van der Waals surface area contributed by atoms with Crippen LogP contribution in [0, 0.1) is 5.41 Å². The lowest BCUT2D eigenvalue weighted by Gasteiger charge is -2.31. The summed E-state index contributed by atoms with van der Waals surface area (Å²) in [5.74, 6) is -0.584. The number of ether oxygens (including phenoxy) is 1. The van der Waals surface area contributed by atoms with Crippen molar-refractivity contribution in [3.05, 3.63) is 47.2 Å². The minimum absolute atomic E-state index is 0.0415.